The minimum absolute atomic E-state index is 0.00116. The molecule has 20 heavy (non-hydrogen) atoms. The van der Waals surface area contributed by atoms with E-state index in [-0.39, 0.29) is 24.6 Å². The molecule has 1 N–H and O–H groups in total. The maximum absolute atomic E-state index is 11.7. The predicted molar refractivity (Wildman–Crippen MR) is 75.8 cm³/mol. The van der Waals surface area contributed by atoms with Gasteiger partial charge in [-0.05, 0) is 20.3 Å². The molecular weight excluding hydrogens is 260 g/mol. The zero-order valence-corrected chi connectivity index (χ0v) is 12.9. The van der Waals surface area contributed by atoms with Crippen LogP contribution >= 0.6 is 0 Å². The van der Waals surface area contributed by atoms with Crippen molar-refractivity contribution in [2.75, 3.05) is 13.2 Å². The summed E-state index contributed by atoms with van der Waals surface area (Å²) in [5.41, 5.74) is 0.0671. The predicted octanol–water partition coefficient (Wildman–Crippen LogP) is 2.74. The smallest absolute Gasteiger partial charge is 0.359 e. The quantitative estimate of drug-likeness (QED) is 0.812. The third kappa shape index (κ3) is 5.03. The fourth-order valence-electron chi connectivity index (χ4n) is 1.48. The van der Waals surface area contributed by atoms with Gasteiger partial charge in [0.05, 0.1) is 13.2 Å². The molecule has 0 atom stereocenters. The number of hydrogen-bond donors (Lipinski definition) is 1. The molecule has 6 nitrogen and oxygen atoms in total. The van der Waals surface area contributed by atoms with E-state index in [0.29, 0.717) is 12.2 Å². The molecule has 0 aliphatic heterocycles. The van der Waals surface area contributed by atoms with E-state index in [1.165, 1.54) is 0 Å². The SMILES string of the molecule is CC.CCCc1nc(C(=O)OCC)c(C(=O)OCC)[nH]1. The van der Waals surface area contributed by atoms with Crippen molar-refractivity contribution in [1.29, 1.82) is 0 Å². The zero-order valence-electron chi connectivity index (χ0n) is 12.9. The molecule has 0 saturated heterocycles. The number of aromatic amines is 1. The van der Waals surface area contributed by atoms with Crippen LogP contribution in [0.15, 0.2) is 0 Å². The van der Waals surface area contributed by atoms with E-state index in [4.69, 9.17) is 9.47 Å². The lowest BCUT2D eigenvalue weighted by Gasteiger charge is -2.01. The van der Waals surface area contributed by atoms with Crippen LogP contribution in [0.4, 0.5) is 0 Å². The number of aromatic nitrogens is 2. The van der Waals surface area contributed by atoms with Crippen molar-refractivity contribution < 1.29 is 19.1 Å². The van der Waals surface area contributed by atoms with E-state index in [1.807, 2.05) is 20.8 Å². The Morgan fingerprint density at radius 3 is 2.10 bits per heavy atom. The Balaban J connectivity index is 0.00000172. The van der Waals surface area contributed by atoms with Crippen LogP contribution in [0, 0.1) is 0 Å². The van der Waals surface area contributed by atoms with Crippen LogP contribution < -0.4 is 0 Å². The number of hydrogen-bond acceptors (Lipinski definition) is 5. The van der Waals surface area contributed by atoms with Gasteiger partial charge in [0, 0.05) is 6.42 Å². The van der Waals surface area contributed by atoms with E-state index < -0.39 is 11.9 Å². The number of esters is 2. The number of nitrogens with zero attached hydrogens (tertiary/aromatic N) is 1. The summed E-state index contributed by atoms with van der Waals surface area (Å²) in [5.74, 6) is -0.613. The summed E-state index contributed by atoms with van der Waals surface area (Å²) < 4.78 is 9.73. The number of rotatable bonds is 6. The molecule has 0 spiro atoms. The van der Waals surface area contributed by atoms with Crippen molar-refractivity contribution in [1.82, 2.24) is 9.97 Å². The molecule has 114 valence electrons. The maximum atomic E-state index is 11.7. The van der Waals surface area contributed by atoms with Gasteiger partial charge < -0.3 is 14.5 Å². The molecular formula is C14H24N2O4. The summed E-state index contributed by atoms with van der Waals surface area (Å²) >= 11 is 0. The Labute approximate surface area is 119 Å². The second kappa shape index (κ2) is 10.00. The third-order valence-electron chi connectivity index (χ3n) is 2.19. The van der Waals surface area contributed by atoms with Crippen molar-refractivity contribution in [2.45, 2.75) is 47.5 Å². The Kier molecular flexibility index (Phi) is 9.07. The largest absolute Gasteiger partial charge is 0.461 e. The maximum Gasteiger partial charge on any atom is 0.359 e. The van der Waals surface area contributed by atoms with Crippen LogP contribution in [0.3, 0.4) is 0 Å². The van der Waals surface area contributed by atoms with Crippen molar-refractivity contribution in [3.8, 4) is 0 Å². The van der Waals surface area contributed by atoms with Crippen molar-refractivity contribution in [3.63, 3.8) is 0 Å². The van der Waals surface area contributed by atoms with E-state index in [9.17, 15) is 9.59 Å². The first-order valence-corrected chi connectivity index (χ1v) is 7.07. The number of nitrogens with one attached hydrogen (secondary N) is 1. The van der Waals surface area contributed by atoms with Gasteiger partial charge >= 0.3 is 11.9 Å². The summed E-state index contributed by atoms with van der Waals surface area (Å²) in [4.78, 5) is 30.3. The minimum Gasteiger partial charge on any atom is -0.461 e. The zero-order chi connectivity index (χ0) is 15.5. The highest BCUT2D eigenvalue weighted by atomic mass is 16.5. The lowest BCUT2D eigenvalue weighted by atomic mass is 10.3. The van der Waals surface area contributed by atoms with Crippen molar-refractivity contribution >= 4 is 11.9 Å². The van der Waals surface area contributed by atoms with Crippen LogP contribution in [0.25, 0.3) is 0 Å². The number of aryl methyl sites for hydroxylation is 1. The Morgan fingerprint density at radius 2 is 1.60 bits per heavy atom. The third-order valence-corrected chi connectivity index (χ3v) is 2.19. The van der Waals surface area contributed by atoms with Crippen LogP contribution in [-0.2, 0) is 15.9 Å². The molecule has 0 aromatic carbocycles. The summed E-state index contributed by atoms with van der Waals surface area (Å²) in [6.45, 7) is 9.85. The molecule has 6 heteroatoms. The number of ether oxygens (including phenoxy) is 2. The average Bonchev–Trinajstić information content (AvgIpc) is 2.86. The Hall–Kier alpha value is -1.85. The molecule has 0 fully saturated rings. The fourth-order valence-corrected chi connectivity index (χ4v) is 1.48. The van der Waals surface area contributed by atoms with Gasteiger partial charge in [-0.25, -0.2) is 14.6 Å². The number of carbonyl (C=O) groups is 2. The van der Waals surface area contributed by atoms with Crippen molar-refractivity contribution in [2.24, 2.45) is 0 Å². The van der Waals surface area contributed by atoms with Gasteiger partial charge in [-0.1, -0.05) is 20.8 Å². The summed E-state index contributed by atoms with van der Waals surface area (Å²) in [6, 6.07) is 0. The van der Waals surface area contributed by atoms with E-state index in [1.54, 1.807) is 13.8 Å². The molecule has 1 heterocycles. The first-order valence-electron chi connectivity index (χ1n) is 7.07. The van der Waals surface area contributed by atoms with E-state index >= 15 is 0 Å². The van der Waals surface area contributed by atoms with Crippen LogP contribution in [0.2, 0.25) is 0 Å². The normalized spacial score (nSPS) is 9.45. The van der Waals surface area contributed by atoms with Gasteiger partial charge in [-0.3, -0.25) is 0 Å². The highest BCUT2D eigenvalue weighted by Gasteiger charge is 2.24. The van der Waals surface area contributed by atoms with Crippen LogP contribution in [0.5, 0.6) is 0 Å². The van der Waals surface area contributed by atoms with E-state index in [2.05, 4.69) is 9.97 Å². The summed E-state index contributed by atoms with van der Waals surface area (Å²) in [5, 5.41) is 0. The number of carbonyl (C=O) groups excluding carboxylic acids is 2. The fraction of sp³-hybridized carbons (Fsp3) is 0.643. The molecule has 1 rings (SSSR count). The topological polar surface area (TPSA) is 81.3 Å². The highest BCUT2D eigenvalue weighted by molar-refractivity contribution is 6.00. The van der Waals surface area contributed by atoms with Gasteiger partial charge in [0.25, 0.3) is 0 Å². The molecule has 0 radical (unpaired) electrons. The second-order valence-electron chi connectivity index (χ2n) is 3.60. The summed E-state index contributed by atoms with van der Waals surface area (Å²) in [6.07, 6.45) is 1.52. The second-order valence-corrected chi connectivity index (χ2v) is 3.60. The number of H-pyrrole nitrogens is 1. The standard InChI is InChI=1S/C12H18N2O4.C2H6/c1-4-7-8-13-9(11(15)17-5-2)10(14-8)12(16)18-6-3;1-2/h4-7H2,1-3H3,(H,13,14);1-2H3. The molecule has 0 amide bonds. The lowest BCUT2D eigenvalue weighted by Crippen LogP contribution is -2.13. The molecule has 1 aromatic heterocycles. The molecule has 0 saturated carbocycles. The van der Waals surface area contributed by atoms with Gasteiger partial charge in [-0.2, -0.15) is 0 Å². The first kappa shape index (κ1) is 18.1. The number of imidazole rings is 1. The molecule has 0 aliphatic rings. The Morgan fingerprint density at radius 1 is 1.05 bits per heavy atom. The lowest BCUT2D eigenvalue weighted by molar-refractivity contribution is 0.0471. The molecule has 0 aliphatic carbocycles. The average molecular weight is 284 g/mol. The molecule has 0 unspecified atom stereocenters. The van der Waals surface area contributed by atoms with Crippen LogP contribution in [-0.4, -0.2) is 35.1 Å². The van der Waals surface area contributed by atoms with Crippen molar-refractivity contribution in [3.05, 3.63) is 17.2 Å². The molecule has 0 bridgehead atoms. The van der Waals surface area contributed by atoms with Gasteiger partial charge in [0.1, 0.15) is 5.82 Å². The first-order chi connectivity index (χ1) is 9.63. The minimum atomic E-state index is -0.612. The monoisotopic (exact) mass is 284 g/mol. The molecule has 1 aromatic rings. The van der Waals surface area contributed by atoms with Gasteiger partial charge in [-0.15, -0.1) is 0 Å². The Bertz CT molecular complexity index is 391. The van der Waals surface area contributed by atoms with Crippen LogP contribution in [0.1, 0.15) is 67.8 Å². The highest BCUT2D eigenvalue weighted by Crippen LogP contribution is 2.11. The van der Waals surface area contributed by atoms with Gasteiger partial charge in [0.15, 0.2) is 11.4 Å². The van der Waals surface area contributed by atoms with E-state index in [0.717, 1.165) is 6.42 Å². The van der Waals surface area contributed by atoms with Gasteiger partial charge in [0.2, 0.25) is 0 Å². The summed E-state index contributed by atoms with van der Waals surface area (Å²) in [7, 11) is 0.